The van der Waals surface area contributed by atoms with Gasteiger partial charge >= 0.3 is 0 Å². The van der Waals surface area contributed by atoms with Crippen LogP contribution in [-0.4, -0.2) is 41.9 Å². The highest BCUT2D eigenvalue weighted by atomic mass is 16.3. The second-order valence-corrected chi connectivity index (χ2v) is 5.44. The minimum absolute atomic E-state index is 0.00508. The summed E-state index contributed by atoms with van der Waals surface area (Å²) in [6.07, 6.45) is 0.473. The van der Waals surface area contributed by atoms with E-state index in [2.05, 4.69) is 21.5 Å². The van der Waals surface area contributed by atoms with Gasteiger partial charge in [-0.15, -0.1) is 0 Å². The number of aliphatic hydroxyl groups is 2. The third-order valence-electron chi connectivity index (χ3n) is 4.04. The summed E-state index contributed by atoms with van der Waals surface area (Å²) in [6.45, 7) is 5.60. The number of aromatic amines is 1. The second kappa shape index (κ2) is 4.68. The molecule has 5 N–H and O–H groups in total. The van der Waals surface area contributed by atoms with Crippen LogP contribution in [0.4, 0.5) is 5.95 Å². The van der Waals surface area contributed by atoms with Gasteiger partial charge in [0.25, 0.3) is 5.56 Å². The van der Waals surface area contributed by atoms with E-state index in [1.54, 1.807) is 11.5 Å². The van der Waals surface area contributed by atoms with Gasteiger partial charge in [-0.2, -0.15) is 4.98 Å². The van der Waals surface area contributed by atoms with Gasteiger partial charge in [-0.05, 0) is 18.9 Å². The fourth-order valence-electron chi connectivity index (χ4n) is 3.09. The number of aliphatic hydroxyl groups excluding tert-OH is 2. The normalized spacial score (nSPS) is 27.4. The van der Waals surface area contributed by atoms with E-state index in [0.717, 1.165) is 0 Å². The Labute approximate surface area is 120 Å². The van der Waals surface area contributed by atoms with E-state index in [0.29, 0.717) is 17.6 Å². The Balaban J connectivity index is 2.10. The molecule has 0 spiro atoms. The molecule has 2 aromatic heterocycles. The molecule has 1 fully saturated rings. The molecular weight excluding hydrogens is 274 g/mol. The maximum absolute atomic E-state index is 11.8. The number of fused-ring (bicyclic) bond motifs is 1. The molecule has 8 nitrogen and oxygen atoms in total. The highest BCUT2D eigenvalue weighted by Crippen LogP contribution is 2.41. The fourth-order valence-corrected chi connectivity index (χ4v) is 3.09. The molecule has 3 rings (SSSR count). The molecule has 21 heavy (non-hydrogen) atoms. The minimum atomic E-state index is -0.700. The zero-order valence-corrected chi connectivity index (χ0v) is 11.5. The Morgan fingerprint density at radius 2 is 2.33 bits per heavy atom. The summed E-state index contributed by atoms with van der Waals surface area (Å²) < 4.78 is 1.68. The quantitative estimate of drug-likeness (QED) is 0.555. The van der Waals surface area contributed by atoms with Crippen molar-refractivity contribution in [3.8, 4) is 0 Å². The number of hydrogen-bond acceptors (Lipinski definition) is 6. The standard InChI is InChI=1S/C13H17N5O3/c1-5-7(3-8(20)9(5)6(2)19)18-4-15-10-11(18)16-13(14)17-12(10)21/h4,6-9,19-20H,1,3H2,2H3,(H3,14,16,17,21). The predicted molar refractivity (Wildman–Crippen MR) is 76.5 cm³/mol. The van der Waals surface area contributed by atoms with Crippen LogP contribution in [0.5, 0.6) is 0 Å². The van der Waals surface area contributed by atoms with Crippen molar-refractivity contribution < 1.29 is 10.2 Å². The van der Waals surface area contributed by atoms with Crippen molar-refractivity contribution in [3.05, 3.63) is 28.8 Å². The third-order valence-corrected chi connectivity index (χ3v) is 4.04. The summed E-state index contributed by atoms with van der Waals surface area (Å²) in [5.41, 5.74) is 6.39. The zero-order chi connectivity index (χ0) is 15.3. The molecule has 8 heteroatoms. The van der Waals surface area contributed by atoms with Gasteiger partial charge in [-0.25, -0.2) is 4.98 Å². The summed E-state index contributed by atoms with van der Waals surface area (Å²) in [5, 5.41) is 19.9. The molecule has 1 aliphatic rings. The minimum Gasteiger partial charge on any atom is -0.393 e. The smallest absolute Gasteiger partial charge is 0.280 e. The molecule has 112 valence electrons. The molecule has 0 saturated heterocycles. The first kappa shape index (κ1) is 13.8. The summed E-state index contributed by atoms with van der Waals surface area (Å²) in [5.74, 6) is -0.405. The average molecular weight is 291 g/mol. The maximum Gasteiger partial charge on any atom is 0.280 e. The molecule has 4 unspecified atom stereocenters. The van der Waals surface area contributed by atoms with Crippen LogP contribution >= 0.6 is 0 Å². The van der Waals surface area contributed by atoms with Crippen LogP contribution in [0.25, 0.3) is 11.2 Å². The first-order chi connectivity index (χ1) is 9.90. The Bertz CT molecular complexity index is 763. The van der Waals surface area contributed by atoms with Crippen molar-refractivity contribution in [1.82, 2.24) is 19.5 Å². The molecule has 0 bridgehead atoms. The van der Waals surface area contributed by atoms with E-state index < -0.39 is 23.7 Å². The van der Waals surface area contributed by atoms with E-state index in [-0.39, 0.29) is 17.5 Å². The summed E-state index contributed by atoms with van der Waals surface area (Å²) in [6, 6.07) is -0.279. The number of nitrogens with two attached hydrogens (primary N) is 1. The number of rotatable bonds is 2. The Morgan fingerprint density at radius 3 is 2.95 bits per heavy atom. The van der Waals surface area contributed by atoms with Gasteiger partial charge in [0.1, 0.15) is 0 Å². The van der Waals surface area contributed by atoms with Crippen LogP contribution in [0.2, 0.25) is 0 Å². The van der Waals surface area contributed by atoms with E-state index in [9.17, 15) is 15.0 Å². The molecule has 1 aliphatic carbocycles. The van der Waals surface area contributed by atoms with Crippen molar-refractivity contribution >= 4 is 17.1 Å². The lowest BCUT2D eigenvalue weighted by Gasteiger charge is -2.20. The van der Waals surface area contributed by atoms with Gasteiger partial charge in [0.15, 0.2) is 11.2 Å². The van der Waals surface area contributed by atoms with E-state index >= 15 is 0 Å². The van der Waals surface area contributed by atoms with Gasteiger partial charge < -0.3 is 20.5 Å². The first-order valence-electron chi connectivity index (χ1n) is 6.67. The molecule has 1 saturated carbocycles. The number of nitrogen functional groups attached to an aromatic ring is 1. The molecule has 0 aliphatic heterocycles. The van der Waals surface area contributed by atoms with E-state index in [4.69, 9.17) is 5.73 Å². The number of nitrogens with one attached hydrogen (secondary N) is 1. The number of nitrogens with zero attached hydrogens (tertiary/aromatic N) is 3. The Morgan fingerprint density at radius 1 is 1.62 bits per heavy atom. The Kier molecular flexibility index (Phi) is 3.07. The summed E-state index contributed by atoms with van der Waals surface area (Å²) >= 11 is 0. The van der Waals surface area contributed by atoms with Crippen molar-refractivity contribution in [2.45, 2.75) is 31.6 Å². The molecule has 2 heterocycles. The van der Waals surface area contributed by atoms with E-state index in [1.165, 1.54) is 6.33 Å². The van der Waals surface area contributed by atoms with Crippen LogP contribution in [-0.2, 0) is 0 Å². The highest BCUT2D eigenvalue weighted by Gasteiger charge is 2.40. The first-order valence-corrected chi connectivity index (χ1v) is 6.67. The number of imidazole rings is 1. The predicted octanol–water partition coefficient (Wildman–Crippen LogP) is -0.439. The van der Waals surface area contributed by atoms with Crippen LogP contribution in [0.3, 0.4) is 0 Å². The lowest BCUT2D eigenvalue weighted by molar-refractivity contribution is 0.0555. The average Bonchev–Trinajstić information content (AvgIpc) is 2.90. The third kappa shape index (κ3) is 2.03. The SMILES string of the molecule is C=C1C(C(C)O)C(O)CC1n1cnc2c(=O)[nH]c(N)nc21. The zero-order valence-electron chi connectivity index (χ0n) is 11.5. The lowest BCUT2D eigenvalue weighted by Crippen LogP contribution is -2.25. The highest BCUT2D eigenvalue weighted by molar-refractivity contribution is 5.70. The summed E-state index contributed by atoms with van der Waals surface area (Å²) in [4.78, 5) is 22.3. The largest absolute Gasteiger partial charge is 0.393 e. The van der Waals surface area contributed by atoms with Crippen molar-refractivity contribution in [3.63, 3.8) is 0 Å². The monoisotopic (exact) mass is 291 g/mol. The number of anilines is 1. The van der Waals surface area contributed by atoms with Crippen LogP contribution in [0, 0.1) is 5.92 Å². The topological polar surface area (TPSA) is 130 Å². The molecule has 0 amide bonds. The second-order valence-electron chi connectivity index (χ2n) is 5.44. The van der Waals surface area contributed by atoms with Gasteiger partial charge in [-0.3, -0.25) is 9.78 Å². The van der Waals surface area contributed by atoms with E-state index in [1.807, 2.05) is 0 Å². The fraction of sp³-hybridized carbons (Fsp3) is 0.462. The van der Waals surface area contributed by atoms with Gasteiger partial charge in [0.05, 0.1) is 24.6 Å². The van der Waals surface area contributed by atoms with Crippen molar-refractivity contribution in [1.29, 1.82) is 0 Å². The van der Waals surface area contributed by atoms with Crippen molar-refractivity contribution in [2.75, 3.05) is 5.73 Å². The van der Waals surface area contributed by atoms with Crippen LogP contribution < -0.4 is 11.3 Å². The Hall–Kier alpha value is -2.19. The summed E-state index contributed by atoms with van der Waals surface area (Å²) in [7, 11) is 0. The van der Waals surface area contributed by atoms with Crippen molar-refractivity contribution in [2.24, 2.45) is 5.92 Å². The number of hydrogen-bond donors (Lipinski definition) is 4. The molecule has 0 radical (unpaired) electrons. The number of aromatic nitrogens is 4. The molecular formula is C13H17N5O3. The molecule has 2 aromatic rings. The van der Waals surface area contributed by atoms with Gasteiger partial charge in [-0.1, -0.05) is 6.58 Å². The molecule has 4 atom stereocenters. The lowest BCUT2D eigenvalue weighted by atomic mass is 9.96. The van der Waals surface area contributed by atoms with Gasteiger partial charge in [0, 0.05) is 5.92 Å². The number of H-pyrrole nitrogens is 1. The van der Waals surface area contributed by atoms with Crippen LogP contribution in [0.15, 0.2) is 23.3 Å². The van der Waals surface area contributed by atoms with Gasteiger partial charge in [0.2, 0.25) is 5.95 Å². The van der Waals surface area contributed by atoms with Crippen LogP contribution in [0.1, 0.15) is 19.4 Å². The maximum atomic E-state index is 11.8. The molecule has 0 aromatic carbocycles.